The van der Waals surface area contributed by atoms with Crippen molar-refractivity contribution in [1.82, 2.24) is 10.2 Å². The summed E-state index contributed by atoms with van der Waals surface area (Å²) in [5.74, 6) is -2.03. The smallest absolute Gasteiger partial charge is 0.337 e. The fourth-order valence-corrected chi connectivity index (χ4v) is 6.54. The minimum atomic E-state index is -0.971. The molecule has 0 bridgehead atoms. The van der Waals surface area contributed by atoms with Crippen molar-refractivity contribution in [3.63, 3.8) is 0 Å². The van der Waals surface area contributed by atoms with Crippen LogP contribution in [0.25, 0.3) is 0 Å². The maximum Gasteiger partial charge on any atom is 0.337 e. The number of esters is 2. The number of nitro benzene ring substituents is 1. The van der Waals surface area contributed by atoms with Gasteiger partial charge in [0.25, 0.3) is 5.69 Å². The number of allylic oxidation sites excluding steroid dienone is 2. The second-order valence-electron chi connectivity index (χ2n) is 13.8. The first-order valence-electron chi connectivity index (χ1n) is 17.5. The lowest BCUT2D eigenvalue weighted by atomic mass is 9.80. The summed E-state index contributed by atoms with van der Waals surface area (Å²) in [7, 11) is 2.00. The Hall–Kier alpha value is -4.80. The van der Waals surface area contributed by atoms with Crippen molar-refractivity contribution in [2.75, 3.05) is 33.4 Å². The van der Waals surface area contributed by atoms with Crippen LogP contribution in [0.2, 0.25) is 0 Å². The summed E-state index contributed by atoms with van der Waals surface area (Å²) < 4.78 is 17.7. The molecule has 1 aliphatic rings. The van der Waals surface area contributed by atoms with E-state index in [-0.39, 0.29) is 29.4 Å². The first-order chi connectivity index (χ1) is 24.3. The largest absolute Gasteiger partial charge is 0.458 e. The number of likely N-dealkylation sites (N-methyl/N-ethyl adjacent to an activating group) is 1. The lowest BCUT2D eigenvalue weighted by Crippen LogP contribution is -2.39. The Bertz CT molecular complexity index is 1680. The van der Waals surface area contributed by atoms with E-state index in [0.29, 0.717) is 30.1 Å². The minimum Gasteiger partial charge on any atom is -0.458 e. The van der Waals surface area contributed by atoms with Gasteiger partial charge in [0, 0.05) is 42.6 Å². The number of non-ortho nitro benzene ring substituents is 1. The van der Waals surface area contributed by atoms with Crippen LogP contribution in [0.5, 0.6) is 0 Å². The summed E-state index contributed by atoms with van der Waals surface area (Å²) in [6, 6.07) is 26.8. The summed E-state index contributed by atoms with van der Waals surface area (Å²) >= 11 is 0. The van der Waals surface area contributed by atoms with Crippen LogP contribution < -0.4 is 5.32 Å². The third-order valence-electron chi connectivity index (χ3n) is 8.86. The van der Waals surface area contributed by atoms with Crippen LogP contribution in [0.3, 0.4) is 0 Å². The number of nitrogens with one attached hydrogen (secondary N) is 1. The highest BCUT2D eigenvalue weighted by atomic mass is 16.6. The van der Waals surface area contributed by atoms with Gasteiger partial charge in [0.05, 0.1) is 28.6 Å². The van der Waals surface area contributed by atoms with E-state index in [1.165, 1.54) is 23.3 Å². The van der Waals surface area contributed by atoms with Gasteiger partial charge in [-0.2, -0.15) is 0 Å². The number of dihydropyridines is 1. The van der Waals surface area contributed by atoms with Crippen LogP contribution in [-0.2, 0) is 23.8 Å². The molecule has 1 N–H and O–H groups in total. The number of rotatable bonds is 17. The summed E-state index contributed by atoms with van der Waals surface area (Å²) in [5.41, 5.74) is 3.10. The number of nitro groups is 1. The van der Waals surface area contributed by atoms with E-state index in [1.807, 2.05) is 33.0 Å². The molecule has 0 aromatic heterocycles. The minimum absolute atomic E-state index is 0.158. The molecular formula is C41H51N3O7. The second-order valence-corrected chi connectivity index (χ2v) is 13.8. The first-order valence-corrected chi connectivity index (χ1v) is 17.5. The topological polar surface area (TPSA) is 120 Å². The first kappa shape index (κ1) is 39.0. The molecule has 51 heavy (non-hydrogen) atoms. The van der Waals surface area contributed by atoms with Gasteiger partial charge in [-0.25, -0.2) is 9.59 Å². The van der Waals surface area contributed by atoms with Gasteiger partial charge in [-0.3, -0.25) is 10.1 Å². The van der Waals surface area contributed by atoms with Crippen molar-refractivity contribution in [3.05, 3.63) is 134 Å². The molecular weight excluding hydrogens is 646 g/mol. The summed E-state index contributed by atoms with van der Waals surface area (Å²) in [5, 5.41) is 15.0. The highest BCUT2D eigenvalue weighted by Gasteiger charge is 2.40. The van der Waals surface area contributed by atoms with Crippen LogP contribution >= 0.6 is 0 Å². The van der Waals surface area contributed by atoms with Gasteiger partial charge in [0.15, 0.2) is 0 Å². The van der Waals surface area contributed by atoms with E-state index in [9.17, 15) is 19.7 Å². The highest BCUT2D eigenvalue weighted by molar-refractivity contribution is 6.00. The highest BCUT2D eigenvalue weighted by Crippen LogP contribution is 2.41. The summed E-state index contributed by atoms with van der Waals surface area (Å²) in [4.78, 5) is 41.5. The van der Waals surface area contributed by atoms with E-state index in [2.05, 4.69) is 58.7 Å². The standard InChI is InChI=1S/C41H51N3O7/c1-8-24-49-27-41(5,6)51-40(46)37-30(4)42-29(3)36(38(37)33-20-15-21-34(25-33)44(47)48)39(45)50-28(2)26-43(7)23-22-35(31-16-11-9-12-17-31)32-18-13-10-14-19-32/h9-21,25,28,35,38,42H,8,22-24,26-27H2,1-7H3. The van der Waals surface area contributed by atoms with Crippen LogP contribution in [-0.4, -0.2) is 66.8 Å². The molecule has 0 saturated carbocycles. The lowest BCUT2D eigenvalue weighted by molar-refractivity contribution is -0.384. The number of benzene rings is 3. The van der Waals surface area contributed by atoms with Crippen LogP contribution in [0.15, 0.2) is 107 Å². The molecule has 272 valence electrons. The van der Waals surface area contributed by atoms with Gasteiger partial charge in [-0.05, 0) is 77.7 Å². The normalized spacial score (nSPS) is 15.5. The van der Waals surface area contributed by atoms with Gasteiger partial charge >= 0.3 is 11.9 Å². The molecule has 0 amide bonds. The fourth-order valence-electron chi connectivity index (χ4n) is 6.54. The Morgan fingerprint density at radius 2 is 1.51 bits per heavy atom. The second kappa shape index (κ2) is 17.9. The van der Waals surface area contributed by atoms with Crippen LogP contribution in [0, 0.1) is 10.1 Å². The van der Waals surface area contributed by atoms with Gasteiger partial charge in [-0.15, -0.1) is 0 Å². The molecule has 1 heterocycles. The maximum absolute atomic E-state index is 14.1. The molecule has 0 saturated heterocycles. The molecule has 3 aromatic carbocycles. The molecule has 0 radical (unpaired) electrons. The monoisotopic (exact) mass is 697 g/mol. The van der Waals surface area contributed by atoms with E-state index in [4.69, 9.17) is 14.2 Å². The number of hydrogen-bond acceptors (Lipinski definition) is 9. The quantitative estimate of drug-likeness (QED) is 0.0656. The van der Waals surface area contributed by atoms with Crippen molar-refractivity contribution >= 4 is 17.6 Å². The van der Waals surface area contributed by atoms with Crippen molar-refractivity contribution in [3.8, 4) is 0 Å². The Morgan fingerprint density at radius 1 is 0.922 bits per heavy atom. The zero-order valence-corrected chi connectivity index (χ0v) is 30.8. The molecule has 10 heteroatoms. The van der Waals surface area contributed by atoms with Crippen molar-refractivity contribution in [2.24, 2.45) is 0 Å². The third-order valence-corrected chi connectivity index (χ3v) is 8.86. The van der Waals surface area contributed by atoms with Crippen molar-refractivity contribution in [1.29, 1.82) is 0 Å². The van der Waals surface area contributed by atoms with Gasteiger partial charge in [0.2, 0.25) is 0 Å². The average Bonchev–Trinajstić information content (AvgIpc) is 3.08. The number of carbonyl (C=O) groups is 2. The molecule has 1 aliphatic heterocycles. The fraction of sp³-hybridized carbons (Fsp3) is 0.415. The number of nitrogens with zero attached hydrogens (tertiary/aromatic N) is 2. The Balaban J connectivity index is 1.54. The van der Waals surface area contributed by atoms with Gasteiger partial charge < -0.3 is 24.4 Å². The zero-order chi connectivity index (χ0) is 37.1. The van der Waals surface area contributed by atoms with Crippen molar-refractivity contribution < 1.29 is 28.7 Å². The third kappa shape index (κ3) is 10.6. The Kier molecular flexibility index (Phi) is 13.7. The molecule has 3 aromatic rings. The number of carbonyl (C=O) groups excluding carboxylic acids is 2. The molecule has 10 nitrogen and oxygen atoms in total. The molecule has 0 spiro atoms. The zero-order valence-electron chi connectivity index (χ0n) is 30.8. The van der Waals surface area contributed by atoms with E-state index in [1.54, 1.807) is 39.8 Å². The maximum atomic E-state index is 14.1. The SMILES string of the molecule is CCCOCC(C)(C)OC(=O)C1=C(C)NC(C)=C(C(=O)OC(C)CN(C)CCC(c2ccccc2)c2ccccc2)C1c1cccc([N+](=O)[O-])c1. The molecule has 0 aliphatic carbocycles. The molecule has 2 unspecified atom stereocenters. The van der Waals surface area contributed by atoms with E-state index in [0.717, 1.165) is 19.4 Å². The average molecular weight is 698 g/mol. The van der Waals surface area contributed by atoms with E-state index < -0.39 is 34.5 Å². The van der Waals surface area contributed by atoms with Crippen LogP contribution in [0.4, 0.5) is 5.69 Å². The lowest BCUT2D eigenvalue weighted by Gasteiger charge is -2.33. The van der Waals surface area contributed by atoms with Gasteiger partial charge in [-0.1, -0.05) is 79.7 Å². The summed E-state index contributed by atoms with van der Waals surface area (Å²) in [6.45, 7) is 12.7. The predicted molar refractivity (Wildman–Crippen MR) is 198 cm³/mol. The summed E-state index contributed by atoms with van der Waals surface area (Å²) in [6.07, 6.45) is 1.18. The Labute approximate surface area is 301 Å². The van der Waals surface area contributed by atoms with Crippen LogP contribution in [0.1, 0.15) is 82.9 Å². The Morgan fingerprint density at radius 3 is 2.08 bits per heavy atom. The molecule has 0 fully saturated rings. The van der Waals surface area contributed by atoms with Crippen molar-refractivity contribution in [2.45, 2.75) is 77.9 Å². The van der Waals surface area contributed by atoms with Gasteiger partial charge in [0.1, 0.15) is 11.7 Å². The predicted octanol–water partition coefficient (Wildman–Crippen LogP) is 7.66. The molecule has 4 rings (SSSR count). The number of hydrogen-bond donors (Lipinski definition) is 1. The van der Waals surface area contributed by atoms with E-state index >= 15 is 0 Å². The number of ether oxygens (including phenoxy) is 3. The molecule has 2 atom stereocenters.